The summed E-state index contributed by atoms with van der Waals surface area (Å²) in [5.41, 5.74) is 0.657. The molecule has 7 heteroatoms. The van der Waals surface area contributed by atoms with Crippen molar-refractivity contribution in [3.8, 4) is 0 Å². The molecule has 0 amide bonds. The summed E-state index contributed by atoms with van der Waals surface area (Å²) in [6, 6.07) is 1.77. The zero-order valence-corrected chi connectivity index (χ0v) is 15.0. The molecule has 0 spiro atoms. The highest BCUT2D eigenvalue weighted by molar-refractivity contribution is 9.11. The van der Waals surface area contributed by atoms with Gasteiger partial charge in [-0.25, -0.2) is 8.42 Å². The molecule has 1 N–H and O–H groups in total. The van der Waals surface area contributed by atoms with Gasteiger partial charge in [-0.2, -0.15) is 4.31 Å². The van der Waals surface area contributed by atoms with E-state index in [0.717, 1.165) is 22.4 Å². The summed E-state index contributed by atoms with van der Waals surface area (Å²) in [5, 5.41) is 3.38. The number of aryl methyl sites for hydroxylation is 1. The molecule has 112 valence electrons. The molecule has 0 aromatic carbocycles. The van der Waals surface area contributed by atoms with Crippen molar-refractivity contribution in [2.45, 2.75) is 30.5 Å². The van der Waals surface area contributed by atoms with Crippen LogP contribution in [0, 0.1) is 18.8 Å². The van der Waals surface area contributed by atoms with Crippen molar-refractivity contribution < 1.29 is 8.42 Å². The largest absolute Gasteiger partial charge is 0.316 e. The Morgan fingerprint density at radius 1 is 1.45 bits per heavy atom. The van der Waals surface area contributed by atoms with Crippen LogP contribution < -0.4 is 5.32 Å². The van der Waals surface area contributed by atoms with E-state index in [1.807, 2.05) is 6.92 Å². The van der Waals surface area contributed by atoms with E-state index in [0.29, 0.717) is 22.6 Å². The average Bonchev–Trinajstić information content (AvgIpc) is 2.99. The van der Waals surface area contributed by atoms with E-state index in [1.165, 1.54) is 11.3 Å². The molecule has 0 bridgehead atoms. The molecule has 0 saturated carbocycles. The Morgan fingerprint density at radius 2 is 2.15 bits per heavy atom. The van der Waals surface area contributed by atoms with Gasteiger partial charge >= 0.3 is 0 Å². The minimum absolute atomic E-state index is 0.322. The molecule has 2 aliphatic rings. The Balaban J connectivity index is 2.00. The third-order valence-corrected chi connectivity index (χ3v) is 9.31. The fourth-order valence-corrected chi connectivity index (χ4v) is 7.68. The van der Waals surface area contributed by atoms with Crippen LogP contribution in [0.2, 0.25) is 0 Å². The van der Waals surface area contributed by atoms with E-state index in [-0.39, 0.29) is 5.54 Å². The number of nitrogens with zero attached hydrogens (tertiary/aromatic N) is 1. The van der Waals surface area contributed by atoms with Crippen LogP contribution in [-0.2, 0) is 10.0 Å². The van der Waals surface area contributed by atoms with Gasteiger partial charge in [-0.05, 0) is 66.7 Å². The zero-order valence-electron chi connectivity index (χ0n) is 11.8. The van der Waals surface area contributed by atoms with E-state index in [2.05, 4.69) is 35.1 Å². The lowest BCUT2D eigenvalue weighted by Gasteiger charge is -2.34. The SMILES string of the molecule is Cc1cc(S(=O)(=O)N2CC3CNCC3C2(C)C)sc1Br. The lowest BCUT2D eigenvalue weighted by atomic mass is 9.85. The molecule has 1 aromatic rings. The van der Waals surface area contributed by atoms with Crippen molar-refractivity contribution in [2.75, 3.05) is 19.6 Å². The van der Waals surface area contributed by atoms with E-state index in [4.69, 9.17) is 0 Å². The summed E-state index contributed by atoms with van der Waals surface area (Å²) >= 11 is 4.73. The van der Waals surface area contributed by atoms with Gasteiger partial charge in [0.1, 0.15) is 4.21 Å². The van der Waals surface area contributed by atoms with Gasteiger partial charge in [0.05, 0.1) is 3.79 Å². The fraction of sp³-hybridized carbons (Fsp3) is 0.692. The van der Waals surface area contributed by atoms with Gasteiger partial charge in [-0.1, -0.05) is 0 Å². The van der Waals surface area contributed by atoms with Crippen LogP contribution in [0.1, 0.15) is 19.4 Å². The second-order valence-electron chi connectivity index (χ2n) is 6.24. The highest BCUT2D eigenvalue weighted by atomic mass is 79.9. The summed E-state index contributed by atoms with van der Waals surface area (Å²) in [6.45, 7) is 8.49. The van der Waals surface area contributed by atoms with Gasteiger partial charge in [-0.3, -0.25) is 0 Å². The molecule has 3 heterocycles. The van der Waals surface area contributed by atoms with Gasteiger partial charge in [0.25, 0.3) is 10.0 Å². The lowest BCUT2D eigenvalue weighted by Crippen LogP contribution is -2.47. The fourth-order valence-electron chi connectivity index (χ4n) is 3.46. The summed E-state index contributed by atoms with van der Waals surface area (Å²) in [5.74, 6) is 0.839. The molecule has 2 fully saturated rings. The number of sulfonamides is 1. The quantitative estimate of drug-likeness (QED) is 0.859. The van der Waals surface area contributed by atoms with Crippen molar-refractivity contribution in [1.82, 2.24) is 9.62 Å². The predicted molar refractivity (Wildman–Crippen MR) is 84.6 cm³/mol. The minimum atomic E-state index is -3.40. The van der Waals surface area contributed by atoms with Gasteiger partial charge in [-0.15, -0.1) is 11.3 Å². The Kier molecular flexibility index (Phi) is 3.57. The number of thiophene rings is 1. The van der Waals surface area contributed by atoms with E-state index in [9.17, 15) is 8.42 Å². The second kappa shape index (κ2) is 4.78. The Morgan fingerprint density at radius 3 is 2.70 bits per heavy atom. The molecule has 2 atom stereocenters. The molecule has 0 radical (unpaired) electrons. The number of nitrogens with one attached hydrogen (secondary N) is 1. The predicted octanol–water partition coefficient (Wildman–Crippen LogP) is 2.44. The first-order valence-electron chi connectivity index (χ1n) is 6.74. The smallest absolute Gasteiger partial charge is 0.253 e. The molecule has 2 aliphatic heterocycles. The molecule has 3 rings (SSSR count). The summed E-state index contributed by atoms with van der Waals surface area (Å²) in [6.07, 6.45) is 0. The Hall–Kier alpha value is 0.0500. The van der Waals surface area contributed by atoms with Crippen molar-refractivity contribution in [1.29, 1.82) is 0 Å². The maximum absolute atomic E-state index is 12.9. The van der Waals surface area contributed by atoms with Crippen LogP contribution in [0.25, 0.3) is 0 Å². The maximum atomic E-state index is 12.9. The monoisotopic (exact) mass is 378 g/mol. The van der Waals surface area contributed by atoms with Crippen LogP contribution in [0.4, 0.5) is 0 Å². The van der Waals surface area contributed by atoms with Crippen LogP contribution in [-0.4, -0.2) is 37.9 Å². The number of halogens is 1. The number of fused-ring (bicyclic) bond motifs is 1. The van der Waals surface area contributed by atoms with Crippen molar-refractivity contribution in [3.63, 3.8) is 0 Å². The first-order chi connectivity index (χ1) is 9.24. The van der Waals surface area contributed by atoms with Crippen molar-refractivity contribution >= 4 is 37.3 Å². The summed E-state index contributed by atoms with van der Waals surface area (Å²) < 4.78 is 28.9. The molecule has 2 saturated heterocycles. The maximum Gasteiger partial charge on any atom is 0.253 e. The molecular formula is C13H19BrN2O2S2. The van der Waals surface area contributed by atoms with Gasteiger partial charge in [0, 0.05) is 18.6 Å². The van der Waals surface area contributed by atoms with Crippen LogP contribution in [0.3, 0.4) is 0 Å². The Labute approximate surface area is 132 Å². The van der Waals surface area contributed by atoms with Crippen LogP contribution in [0.5, 0.6) is 0 Å². The molecule has 0 aliphatic carbocycles. The first kappa shape index (κ1) is 15.0. The molecular weight excluding hydrogens is 360 g/mol. The van der Waals surface area contributed by atoms with E-state index >= 15 is 0 Å². The number of hydrogen-bond donors (Lipinski definition) is 1. The molecule has 4 nitrogen and oxygen atoms in total. The van der Waals surface area contributed by atoms with Crippen molar-refractivity contribution in [2.24, 2.45) is 11.8 Å². The average molecular weight is 379 g/mol. The standard InChI is InChI=1S/C13H19BrN2O2S2/c1-8-4-11(19-12(8)14)20(17,18)16-7-9-5-15-6-10(9)13(16,2)3/h4,9-10,15H,5-7H2,1-3H3. The van der Waals surface area contributed by atoms with Crippen LogP contribution >= 0.6 is 27.3 Å². The van der Waals surface area contributed by atoms with E-state index < -0.39 is 10.0 Å². The highest BCUT2D eigenvalue weighted by Crippen LogP contribution is 2.45. The van der Waals surface area contributed by atoms with E-state index in [1.54, 1.807) is 10.4 Å². The normalized spacial score (nSPS) is 29.8. The molecule has 1 aromatic heterocycles. The summed E-state index contributed by atoms with van der Waals surface area (Å²) in [7, 11) is -3.40. The third-order valence-electron chi connectivity index (χ3n) is 4.67. The Bertz CT molecular complexity index is 619. The van der Waals surface area contributed by atoms with Crippen molar-refractivity contribution in [3.05, 3.63) is 15.4 Å². The second-order valence-corrected chi connectivity index (χ2v) is 10.7. The zero-order chi connectivity index (χ0) is 14.7. The third kappa shape index (κ3) is 2.09. The lowest BCUT2D eigenvalue weighted by molar-refractivity contribution is 0.233. The van der Waals surface area contributed by atoms with Gasteiger partial charge in [0.15, 0.2) is 0 Å². The summed E-state index contributed by atoms with van der Waals surface area (Å²) in [4.78, 5) is 0. The topological polar surface area (TPSA) is 49.4 Å². The van der Waals surface area contributed by atoms with Gasteiger partial charge in [0.2, 0.25) is 0 Å². The van der Waals surface area contributed by atoms with Gasteiger partial charge < -0.3 is 5.32 Å². The van der Waals surface area contributed by atoms with Crippen LogP contribution in [0.15, 0.2) is 14.1 Å². The highest BCUT2D eigenvalue weighted by Gasteiger charge is 2.54. The first-order valence-corrected chi connectivity index (χ1v) is 9.79. The molecule has 2 unspecified atom stereocenters. The number of rotatable bonds is 2. The molecule has 20 heavy (non-hydrogen) atoms. The minimum Gasteiger partial charge on any atom is -0.316 e. The number of hydrogen-bond acceptors (Lipinski definition) is 4.